The molecule has 4 nitrogen and oxygen atoms in total. The van der Waals surface area contributed by atoms with E-state index in [1.165, 1.54) is 11.8 Å². The molecular formula is C12H12ClNO3S. The largest absolute Gasteiger partial charge is 0.479 e. The molecule has 0 bridgehead atoms. The number of carbonyl (C=O) groups excluding carboxylic acids is 1. The van der Waals surface area contributed by atoms with E-state index >= 15 is 0 Å². The molecule has 18 heavy (non-hydrogen) atoms. The van der Waals surface area contributed by atoms with E-state index in [9.17, 15) is 14.7 Å². The van der Waals surface area contributed by atoms with E-state index in [1.807, 2.05) is 0 Å². The summed E-state index contributed by atoms with van der Waals surface area (Å²) in [5.41, 5.74) is -0.863. The lowest BCUT2D eigenvalue weighted by molar-refractivity contribution is -0.143. The van der Waals surface area contributed by atoms with Gasteiger partial charge in [0, 0.05) is 5.75 Å². The SMILES string of the molecule is O=C(NC1(C(=O)O)CCSC1)c1ccccc1Cl. The number of hydrogen-bond acceptors (Lipinski definition) is 3. The van der Waals surface area contributed by atoms with Crippen molar-refractivity contribution in [2.24, 2.45) is 0 Å². The van der Waals surface area contributed by atoms with Crippen LogP contribution in [0.4, 0.5) is 0 Å². The molecule has 1 aromatic rings. The maximum absolute atomic E-state index is 12.1. The summed E-state index contributed by atoms with van der Waals surface area (Å²) in [5, 5.41) is 12.2. The summed E-state index contributed by atoms with van der Waals surface area (Å²) in [4.78, 5) is 23.4. The number of amides is 1. The van der Waals surface area contributed by atoms with Crippen molar-refractivity contribution in [2.45, 2.75) is 12.0 Å². The molecule has 1 unspecified atom stereocenters. The Bertz CT molecular complexity index is 486. The van der Waals surface area contributed by atoms with Gasteiger partial charge >= 0.3 is 5.97 Å². The lowest BCUT2D eigenvalue weighted by Crippen LogP contribution is -2.54. The first-order valence-corrected chi connectivity index (χ1v) is 6.97. The lowest BCUT2D eigenvalue weighted by Gasteiger charge is -2.24. The standard InChI is InChI=1S/C12H12ClNO3S/c13-9-4-2-1-3-8(9)10(15)14-12(11(16)17)5-6-18-7-12/h1-4H,5-7H2,(H,14,15)(H,16,17). The number of thioether (sulfide) groups is 1. The molecule has 0 spiro atoms. The first-order valence-electron chi connectivity index (χ1n) is 5.43. The molecule has 6 heteroatoms. The van der Waals surface area contributed by atoms with Crippen LogP contribution in [0, 0.1) is 0 Å². The van der Waals surface area contributed by atoms with Gasteiger partial charge in [0.15, 0.2) is 0 Å². The van der Waals surface area contributed by atoms with Gasteiger partial charge in [-0.25, -0.2) is 4.79 Å². The fraction of sp³-hybridized carbons (Fsp3) is 0.333. The fourth-order valence-electron chi connectivity index (χ4n) is 1.82. The van der Waals surface area contributed by atoms with Crippen LogP contribution in [0.3, 0.4) is 0 Å². The number of carboxylic acid groups (broad SMARTS) is 1. The van der Waals surface area contributed by atoms with Gasteiger partial charge in [0.25, 0.3) is 5.91 Å². The maximum Gasteiger partial charge on any atom is 0.330 e. The Morgan fingerprint density at radius 3 is 2.67 bits per heavy atom. The molecule has 1 aromatic carbocycles. The van der Waals surface area contributed by atoms with Crippen molar-refractivity contribution in [3.63, 3.8) is 0 Å². The van der Waals surface area contributed by atoms with Crippen molar-refractivity contribution in [1.29, 1.82) is 0 Å². The van der Waals surface area contributed by atoms with Crippen molar-refractivity contribution in [2.75, 3.05) is 11.5 Å². The minimum absolute atomic E-state index is 0.302. The van der Waals surface area contributed by atoms with Gasteiger partial charge in [-0.3, -0.25) is 4.79 Å². The normalized spacial score (nSPS) is 22.7. The van der Waals surface area contributed by atoms with Gasteiger partial charge in [0.05, 0.1) is 10.6 Å². The number of halogens is 1. The molecule has 1 amide bonds. The number of benzene rings is 1. The van der Waals surface area contributed by atoms with Gasteiger partial charge in [-0.2, -0.15) is 11.8 Å². The second kappa shape index (κ2) is 5.20. The van der Waals surface area contributed by atoms with Crippen molar-refractivity contribution in [3.8, 4) is 0 Å². The van der Waals surface area contributed by atoms with E-state index in [2.05, 4.69) is 5.32 Å². The molecule has 0 aliphatic carbocycles. The van der Waals surface area contributed by atoms with Crippen LogP contribution < -0.4 is 5.32 Å². The van der Waals surface area contributed by atoms with Gasteiger partial charge < -0.3 is 10.4 Å². The van der Waals surface area contributed by atoms with Crippen molar-refractivity contribution < 1.29 is 14.7 Å². The molecule has 1 aliphatic heterocycles. The van der Waals surface area contributed by atoms with E-state index < -0.39 is 17.4 Å². The summed E-state index contributed by atoms with van der Waals surface area (Å²) in [6.07, 6.45) is 0.434. The zero-order valence-electron chi connectivity index (χ0n) is 9.48. The number of rotatable bonds is 3. The van der Waals surface area contributed by atoms with Crippen molar-refractivity contribution >= 4 is 35.2 Å². The van der Waals surface area contributed by atoms with Gasteiger partial charge in [0.2, 0.25) is 0 Å². The highest BCUT2D eigenvalue weighted by atomic mass is 35.5. The van der Waals surface area contributed by atoms with Crippen molar-refractivity contribution in [1.82, 2.24) is 5.32 Å². The molecule has 0 saturated carbocycles. The van der Waals surface area contributed by atoms with Crippen LogP contribution in [0.15, 0.2) is 24.3 Å². The molecule has 0 radical (unpaired) electrons. The molecule has 2 N–H and O–H groups in total. The Kier molecular flexibility index (Phi) is 3.82. The van der Waals surface area contributed by atoms with Crippen LogP contribution >= 0.6 is 23.4 Å². The molecule has 1 atom stereocenters. The Labute approximate surface area is 114 Å². The first-order chi connectivity index (χ1) is 8.55. The average Bonchev–Trinajstić information content (AvgIpc) is 2.79. The molecule has 0 aromatic heterocycles. The molecule has 1 saturated heterocycles. The molecule has 2 rings (SSSR count). The van der Waals surface area contributed by atoms with Crippen LogP contribution in [0.2, 0.25) is 5.02 Å². The fourth-order valence-corrected chi connectivity index (χ4v) is 3.36. The summed E-state index contributed by atoms with van der Waals surface area (Å²) < 4.78 is 0. The van der Waals surface area contributed by atoms with Crippen LogP contribution in [0.5, 0.6) is 0 Å². The number of nitrogens with one attached hydrogen (secondary N) is 1. The minimum atomic E-state index is -1.17. The zero-order chi connectivity index (χ0) is 13.2. The number of hydrogen-bond donors (Lipinski definition) is 2. The van der Waals surface area contributed by atoms with Gasteiger partial charge in [-0.1, -0.05) is 23.7 Å². The van der Waals surface area contributed by atoms with Gasteiger partial charge in [-0.15, -0.1) is 0 Å². The van der Waals surface area contributed by atoms with E-state index in [4.69, 9.17) is 11.6 Å². The molecular weight excluding hydrogens is 274 g/mol. The highest BCUT2D eigenvalue weighted by Gasteiger charge is 2.43. The van der Waals surface area contributed by atoms with Crippen LogP contribution in [0.1, 0.15) is 16.8 Å². The second-order valence-electron chi connectivity index (χ2n) is 4.12. The zero-order valence-corrected chi connectivity index (χ0v) is 11.1. The van der Waals surface area contributed by atoms with E-state index in [0.29, 0.717) is 22.8 Å². The smallest absolute Gasteiger partial charge is 0.330 e. The highest BCUT2D eigenvalue weighted by Crippen LogP contribution is 2.29. The van der Waals surface area contributed by atoms with E-state index in [0.717, 1.165) is 5.75 Å². The molecule has 96 valence electrons. The third-order valence-corrected chi connectivity index (χ3v) is 4.42. The summed E-state index contributed by atoms with van der Waals surface area (Å²) in [5.74, 6) is -0.313. The highest BCUT2D eigenvalue weighted by molar-refractivity contribution is 7.99. The number of carbonyl (C=O) groups is 2. The van der Waals surface area contributed by atoms with Crippen molar-refractivity contribution in [3.05, 3.63) is 34.9 Å². The predicted octanol–water partition coefficient (Wildman–Crippen LogP) is 2.03. The predicted molar refractivity (Wildman–Crippen MR) is 71.2 cm³/mol. The van der Waals surface area contributed by atoms with Crippen LogP contribution in [0.25, 0.3) is 0 Å². The second-order valence-corrected chi connectivity index (χ2v) is 5.64. The first kappa shape index (κ1) is 13.2. The quantitative estimate of drug-likeness (QED) is 0.892. The summed E-state index contributed by atoms with van der Waals surface area (Å²) in [7, 11) is 0. The molecule has 1 fully saturated rings. The number of aliphatic carboxylic acids is 1. The topological polar surface area (TPSA) is 66.4 Å². The summed E-state index contributed by atoms with van der Waals surface area (Å²) >= 11 is 7.44. The number of carboxylic acids is 1. The third-order valence-electron chi connectivity index (χ3n) is 2.90. The summed E-state index contributed by atoms with van der Waals surface area (Å²) in [6.45, 7) is 0. The lowest BCUT2D eigenvalue weighted by atomic mass is 9.98. The van der Waals surface area contributed by atoms with Crippen LogP contribution in [-0.4, -0.2) is 34.0 Å². The average molecular weight is 286 g/mol. The monoisotopic (exact) mass is 285 g/mol. The third kappa shape index (κ3) is 2.47. The van der Waals surface area contributed by atoms with Gasteiger partial charge in [-0.05, 0) is 24.3 Å². The van der Waals surface area contributed by atoms with E-state index in [1.54, 1.807) is 24.3 Å². The van der Waals surface area contributed by atoms with E-state index in [-0.39, 0.29) is 0 Å². The Morgan fingerprint density at radius 1 is 1.39 bits per heavy atom. The Morgan fingerprint density at radius 2 is 2.11 bits per heavy atom. The maximum atomic E-state index is 12.1. The minimum Gasteiger partial charge on any atom is -0.479 e. The molecule has 1 heterocycles. The van der Waals surface area contributed by atoms with Gasteiger partial charge in [0.1, 0.15) is 5.54 Å². The molecule has 1 aliphatic rings. The van der Waals surface area contributed by atoms with Crippen LogP contribution in [-0.2, 0) is 4.79 Å². The Balaban J connectivity index is 2.21. The Hall–Kier alpha value is -1.20. The summed E-state index contributed by atoms with van der Waals surface area (Å²) in [6, 6.07) is 6.59.